The summed E-state index contributed by atoms with van der Waals surface area (Å²) < 4.78 is 14.7. The zero-order chi connectivity index (χ0) is 22.7. The summed E-state index contributed by atoms with van der Waals surface area (Å²) in [6, 6.07) is 7.43. The number of likely N-dealkylation sites (tertiary alicyclic amines) is 1. The summed E-state index contributed by atoms with van der Waals surface area (Å²) in [6.45, 7) is 5.31. The summed E-state index contributed by atoms with van der Waals surface area (Å²) in [5, 5.41) is 7.12. The fraction of sp³-hybridized carbons (Fsp3) is 0.348. The van der Waals surface area contributed by atoms with Crippen molar-refractivity contribution in [3.8, 4) is 0 Å². The highest BCUT2D eigenvalue weighted by atomic mass is 19.1. The number of hydrogen-bond acceptors (Lipinski definition) is 5. The van der Waals surface area contributed by atoms with Crippen molar-refractivity contribution in [2.75, 3.05) is 6.54 Å². The number of nitrogens with one attached hydrogen (secondary N) is 1. The zero-order valence-corrected chi connectivity index (χ0v) is 18.1. The summed E-state index contributed by atoms with van der Waals surface area (Å²) in [4.78, 5) is 36.3. The zero-order valence-electron chi connectivity index (χ0n) is 18.1. The third-order valence-corrected chi connectivity index (χ3v) is 5.60. The van der Waals surface area contributed by atoms with E-state index < -0.39 is 0 Å². The molecule has 0 bridgehead atoms. The lowest BCUT2D eigenvalue weighted by molar-refractivity contribution is 0.0722. The predicted octanol–water partition coefficient (Wildman–Crippen LogP) is 3.05. The lowest BCUT2D eigenvalue weighted by Crippen LogP contribution is -2.32. The first-order valence-corrected chi connectivity index (χ1v) is 10.7. The number of amides is 2. The second-order valence-electron chi connectivity index (χ2n) is 7.75. The van der Waals surface area contributed by atoms with E-state index >= 15 is 0 Å². The molecule has 1 saturated heterocycles. The number of carbonyl (C=O) groups excluding carboxylic acids is 2. The van der Waals surface area contributed by atoms with Crippen molar-refractivity contribution in [1.29, 1.82) is 0 Å². The van der Waals surface area contributed by atoms with E-state index in [4.69, 9.17) is 0 Å². The van der Waals surface area contributed by atoms with Crippen LogP contribution in [0.15, 0.2) is 42.7 Å². The first kappa shape index (κ1) is 21.6. The van der Waals surface area contributed by atoms with Crippen LogP contribution in [0.25, 0.3) is 0 Å². The molecule has 2 aromatic heterocycles. The van der Waals surface area contributed by atoms with Gasteiger partial charge in [0.05, 0.1) is 17.3 Å². The molecule has 166 valence electrons. The molecule has 32 heavy (non-hydrogen) atoms. The summed E-state index contributed by atoms with van der Waals surface area (Å²) in [5.74, 6) is -0.235. The number of halogens is 1. The van der Waals surface area contributed by atoms with Crippen LogP contribution in [0.2, 0.25) is 0 Å². The predicted molar refractivity (Wildman–Crippen MR) is 115 cm³/mol. The highest BCUT2D eigenvalue weighted by Crippen LogP contribution is 2.31. The maximum Gasteiger partial charge on any atom is 0.274 e. The van der Waals surface area contributed by atoms with Crippen molar-refractivity contribution < 1.29 is 14.0 Å². The van der Waals surface area contributed by atoms with Crippen molar-refractivity contribution in [2.45, 2.75) is 45.8 Å². The van der Waals surface area contributed by atoms with Crippen LogP contribution in [-0.4, -0.2) is 43.0 Å². The third-order valence-electron chi connectivity index (χ3n) is 5.60. The van der Waals surface area contributed by atoms with Crippen LogP contribution in [-0.2, 0) is 13.1 Å². The van der Waals surface area contributed by atoms with E-state index in [0.29, 0.717) is 35.9 Å². The van der Waals surface area contributed by atoms with Gasteiger partial charge in [-0.2, -0.15) is 5.10 Å². The van der Waals surface area contributed by atoms with Crippen LogP contribution in [0, 0.1) is 12.7 Å². The Kier molecular flexibility index (Phi) is 6.25. The van der Waals surface area contributed by atoms with E-state index in [0.717, 1.165) is 18.4 Å². The third kappa shape index (κ3) is 4.51. The molecule has 1 aliphatic rings. The molecule has 3 aromatic rings. The van der Waals surface area contributed by atoms with Crippen LogP contribution in [0.1, 0.15) is 63.7 Å². The Hall–Kier alpha value is -3.62. The first-order valence-electron chi connectivity index (χ1n) is 10.7. The standard InChI is InChI=1S/C23H25FN6O2/c1-3-29-12-10-19(28-29)23(32)30-11-4-5-20(30)21-25-14-18(15(2)27-21)22(31)26-13-16-6-8-17(24)9-7-16/h6-10,12,14,20H,3-5,11,13H2,1-2H3,(H,26,31)/t20-/m1/s1. The minimum absolute atomic E-state index is 0.137. The molecule has 1 aromatic carbocycles. The SMILES string of the molecule is CCn1ccc(C(=O)N2CCC[C@@H]2c2ncc(C(=O)NCc3ccc(F)cc3)c(C)n2)n1. The molecule has 4 rings (SSSR count). The fourth-order valence-corrected chi connectivity index (χ4v) is 3.83. The van der Waals surface area contributed by atoms with Crippen LogP contribution in [0.5, 0.6) is 0 Å². The van der Waals surface area contributed by atoms with Gasteiger partial charge in [-0.25, -0.2) is 14.4 Å². The van der Waals surface area contributed by atoms with Crippen LogP contribution in [0.3, 0.4) is 0 Å². The Morgan fingerprint density at radius 2 is 2.00 bits per heavy atom. The molecular formula is C23H25FN6O2. The Balaban J connectivity index is 1.46. The van der Waals surface area contributed by atoms with Crippen molar-refractivity contribution >= 4 is 11.8 Å². The molecule has 0 radical (unpaired) electrons. The smallest absolute Gasteiger partial charge is 0.274 e. The lowest BCUT2D eigenvalue weighted by Gasteiger charge is -2.23. The maximum absolute atomic E-state index is 13.0. The van der Waals surface area contributed by atoms with Crippen LogP contribution < -0.4 is 5.32 Å². The number of benzene rings is 1. The van der Waals surface area contributed by atoms with E-state index in [2.05, 4.69) is 20.4 Å². The van der Waals surface area contributed by atoms with Crippen molar-refractivity contribution in [3.05, 3.63) is 76.9 Å². The lowest BCUT2D eigenvalue weighted by atomic mass is 10.1. The average Bonchev–Trinajstić information content (AvgIpc) is 3.48. The molecule has 1 aliphatic heterocycles. The molecule has 8 nitrogen and oxygen atoms in total. The summed E-state index contributed by atoms with van der Waals surface area (Å²) in [5.41, 5.74) is 2.11. The van der Waals surface area contributed by atoms with Gasteiger partial charge in [-0.15, -0.1) is 0 Å². The minimum Gasteiger partial charge on any atom is -0.348 e. The van der Waals surface area contributed by atoms with E-state index in [1.807, 2.05) is 6.92 Å². The maximum atomic E-state index is 13.0. The average molecular weight is 436 g/mol. The van der Waals surface area contributed by atoms with Gasteiger partial charge < -0.3 is 10.2 Å². The van der Waals surface area contributed by atoms with Gasteiger partial charge in [-0.1, -0.05) is 12.1 Å². The number of nitrogens with zero attached hydrogens (tertiary/aromatic N) is 5. The largest absolute Gasteiger partial charge is 0.348 e. The van der Waals surface area contributed by atoms with Crippen molar-refractivity contribution in [3.63, 3.8) is 0 Å². The Labute approximate surface area is 185 Å². The summed E-state index contributed by atoms with van der Waals surface area (Å²) in [6.07, 6.45) is 4.91. The molecule has 0 saturated carbocycles. The minimum atomic E-state index is -0.321. The molecule has 2 amide bonds. The summed E-state index contributed by atoms with van der Waals surface area (Å²) >= 11 is 0. The molecule has 1 N–H and O–H groups in total. The molecular weight excluding hydrogens is 411 g/mol. The van der Waals surface area contributed by atoms with Gasteiger partial charge in [0.1, 0.15) is 11.5 Å². The first-order chi connectivity index (χ1) is 15.5. The van der Waals surface area contributed by atoms with Gasteiger partial charge in [0, 0.05) is 32.0 Å². The van der Waals surface area contributed by atoms with Crippen LogP contribution >= 0.6 is 0 Å². The van der Waals surface area contributed by atoms with Gasteiger partial charge >= 0.3 is 0 Å². The molecule has 1 atom stereocenters. The molecule has 3 heterocycles. The molecule has 0 aliphatic carbocycles. The second-order valence-corrected chi connectivity index (χ2v) is 7.75. The number of carbonyl (C=O) groups is 2. The van der Waals surface area contributed by atoms with Gasteiger partial charge in [0.15, 0.2) is 5.82 Å². The van der Waals surface area contributed by atoms with Gasteiger partial charge in [-0.3, -0.25) is 14.3 Å². The second kappa shape index (κ2) is 9.25. The number of aromatic nitrogens is 4. The van der Waals surface area contributed by atoms with Gasteiger partial charge in [-0.05, 0) is 50.5 Å². The van der Waals surface area contributed by atoms with E-state index in [9.17, 15) is 14.0 Å². The molecule has 0 unspecified atom stereocenters. The fourth-order valence-electron chi connectivity index (χ4n) is 3.83. The summed E-state index contributed by atoms with van der Waals surface area (Å²) in [7, 11) is 0. The Morgan fingerprint density at radius 1 is 1.22 bits per heavy atom. The molecule has 9 heteroatoms. The number of hydrogen-bond donors (Lipinski definition) is 1. The Bertz CT molecular complexity index is 1130. The van der Waals surface area contributed by atoms with E-state index in [1.54, 1.807) is 40.9 Å². The normalized spacial score (nSPS) is 15.7. The van der Waals surface area contributed by atoms with Crippen molar-refractivity contribution in [2.24, 2.45) is 0 Å². The van der Waals surface area contributed by atoms with Crippen molar-refractivity contribution in [1.82, 2.24) is 30.0 Å². The van der Waals surface area contributed by atoms with Crippen LogP contribution in [0.4, 0.5) is 4.39 Å². The Morgan fingerprint density at radius 3 is 2.69 bits per heavy atom. The van der Waals surface area contributed by atoms with E-state index in [1.165, 1.54) is 18.3 Å². The molecule has 1 fully saturated rings. The highest BCUT2D eigenvalue weighted by Gasteiger charge is 2.33. The number of rotatable bonds is 6. The quantitative estimate of drug-likeness (QED) is 0.641. The monoisotopic (exact) mass is 436 g/mol. The topological polar surface area (TPSA) is 93.0 Å². The van der Waals surface area contributed by atoms with E-state index in [-0.39, 0.29) is 30.2 Å². The van der Waals surface area contributed by atoms with Gasteiger partial charge in [0.25, 0.3) is 11.8 Å². The highest BCUT2D eigenvalue weighted by molar-refractivity contribution is 5.95. The molecule has 0 spiro atoms. The number of aryl methyl sites for hydroxylation is 2. The van der Waals surface area contributed by atoms with Gasteiger partial charge in [0.2, 0.25) is 0 Å².